The van der Waals surface area contributed by atoms with E-state index in [1.165, 1.54) is 19.3 Å². The van der Waals surface area contributed by atoms with Crippen LogP contribution >= 0.6 is 15.9 Å². The lowest BCUT2D eigenvalue weighted by Crippen LogP contribution is -2.39. The van der Waals surface area contributed by atoms with Crippen LogP contribution in [0.4, 0.5) is 5.69 Å². The van der Waals surface area contributed by atoms with Crippen molar-refractivity contribution in [3.8, 4) is 0 Å². The second-order valence-corrected chi connectivity index (χ2v) is 6.32. The molecule has 0 bridgehead atoms. The quantitative estimate of drug-likeness (QED) is 0.907. The second-order valence-electron chi connectivity index (χ2n) is 5.41. The van der Waals surface area contributed by atoms with Gasteiger partial charge in [-0.1, -0.05) is 35.7 Å². The summed E-state index contributed by atoms with van der Waals surface area (Å²) in [5.41, 5.74) is 1.18. The molecule has 2 rings (SSSR count). The summed E-state index contributed by atoms with van der Waals surface area (Å²) < 4.78 is 0.804. The average molecular weight is 326 g/mol. The Kier molecular flexibility index (Phi) is 4.50. The van der Waals surface area contributed by atoms with Gasteiger partial charge in [-0.3, -0.25) is 0 Å². The highest BCUT2D eigenvalue weighted by Crippen LogP contribution is 2.33. The first-order chi connectivity index (χ1) is 9.00. The van der Waals surface area contributed by atoms with Crippen molar-refractivity contribution >= 4 is 27.6 Å². The molecule has 0 radical (unpaired) electrons. The van der Waals surface area contributed by atoms with Gasteiger partial charge in [-0.2, -0.15) is 0 Å². The number of hydrogen-bond acceptors (Lipinski definition) is 2. The Morgan fingerprint density at radius 3 is 2.68 bits per heavy atom. The van der Waals surface area contributed by atoms with E-state index < -0.39 is 5.97 Å². The molecular formula is C15H20BrNO2. The van der Waals surface area contributed by atoms with Crippen LogP contribution in [0.1, 0.15) is 43.0 Å². The smallest absolute Gasteiger partial charge is 0.337 e. The molecule has 1 fully saturated rings. The van der Waals surface area contributed by atoms with Crippen LogP contribution in [0.5, 0.6) is 0 Å². The predicted molar refractivity (Wildman–Crippen MR) is 80.9 cm³/mol. The standard InChI is InChI=1S/C15H20BrNO2/c1-10-5-3-4-6-13(10)17(2)14-8-7-11(16)9-12(14)15(18)19/h7-10,13H,3-6H2,1-2H3,(H,18,19). The number of halogens is 1. The molecule has 0 aromatic heterocycles. The van der Waals surface area contributed by atoms with Crippen molar-refractivity contribution in [2.75, 3.05) is 11.9 Å². The van der Waals surface area contributed by atoms with Crippen LogP contribution in [0.15, 0.2) is 22.7 Å². The number of carbonyl (C=O) groups is 1. The fourth-order valence-electron chi connectivity index (χ4n) is 3.04. The summed E-state index contributed by atoms with van der Waals surface area (Å²) >= 11 is 3.34. The Bertz CT molecular complexity index is 475. The van der Waals surface area contributed by atoms with Crippen molar-refractivity contribution in [1.29, 1.82) is 0 Å². The van der Waals surface area contributed by atoms with Crippen LogP contribution in [-0.4, -0.2) is 24.2 Å². The highest BCUT2D eigenvalue weighted by molar-refractivity contribution is 9.10. The summed E-state index contributed by atoms with van der Waals surface area (Å²) in [6, 6.07) is 5.93. The molecule has 1 aromatic rings. The Labute approximate surface area is 122 Å². The highest BCUT2D eigenvalue weighted by atomic mass is 79.9. The molecule has 1 saturated carbocycles. The van der Waals surface area contributed by atoms with Crippen molar-refractivity contribution in [1.82, 2.24) is 0 Å². The van der Waals surface area contributed by atoms with E-state index >= 15 is 0 Å². The molecule has 2 atom stereocenters. The van der Waals surface area contributed by atoms with Crippen LogP contribution < -0.4 is 4.90 Å². The minimum absolute atomic E-state index is 0.370. The summed E-state index contributed by atoms with van der Waals surface area (Å²) in [7, 11) is 2.02. The zero-order valence-corrected chi connectivity index (χ0v) is 13.0. The number of aromatic carboxylic acids is 1. The van der Waals surface area contributed by atoms with Gasteiger partial charge in [-0.15, -0.1) is 0 Å². The Hall–Kier alpha value is -1.03. The number of nitrogens with zero attached hydrogens (tertiary/aromatic N) is 1. The first-order valence-corrected chi connectivity index (χ1v) is 7.55. The zero-order valence-electron chi connectivity index (χ0n) is 11.4. The molecule has 0 heterocycles. The first-order valence-electron chi connectivity index (χ1n) is 6.76. The number of rotatable bonds is 3. The van der Waals surface area contributed by atoms with E-state index in [4.69, 9.17) is 0 Å². The van der Waals surface area contributed by atoms with Gasteiger partial charge in [0, 0.05) is 17.6 Å². The monoisotopic (exact) mass is 325 g/mol. The molecule has 1 aromatic carbocycles. The Morgan fingerprint density at radius 2 is 2.05 bits per heavy atom. The summed E-state index contributed by atoms with van der Waals surface area (Å²) in [6.07, 6.45) is 4.90. The fourth-order valence-corrected chi connectivity index (χ4v) is 3.40. The maximum atomic E-state index is 11.4. The minimum atomic E-state index is -0.869. The number of benzene rings is 1. The largest absolute Gasteiger partial charge is 0.478 e. The third kappa shape index (κ3) is 3.11. The van der Waals surface area contributed by atoms with E-state index in [0.29, 0.717) is 17.5 Å². The number of carboxylic acid groups (broad SMARTS) is 1. The SMILES string of the molecule is CC1CCCCC1N(C)c1ccc(Br)cc1C(=O)O. The normalized spacial score (nSPS) is 23.1. The van der Waals surface area contributed by atoms with Crippen molar-refractivity contribution in [2.24, 2.45) is 5.92 Å². The van der Waals surface area contributed by atoms with E-state index in [0.717, 1.165) is 16.6 Å². The summed E-state index contributed by atoms with van der Waals surface area (Å²) in [4.78, 5) is 13.5. The summed E-state index contributed by atoms with van der Waals surface area (Å²) in [6.45, 7) is 2.26. The van der Waals surface area contributed by atoms with Gasteiger partial charge in [-0.25, -0.2) is 4.79 Å². The van der Waals surface area contributed by atoms with E-state index in [9.17, 15) is 9.90 Å². The topological polar surface area (TPSA) is 40.5 Å². The second kappa shape index (κ2) is 5.95. The third-order valence-electron chi connectivity index (χ3n) is 4.13. The molecular weight excluding hydrogens is 306 g/mol. The zero-order chi connectivity index (χ0) is 14.0. The van der Waals surface area contributed by atoms with Gasteiger partial charge >= 0.3 is 5.97 Å². The molecule has 104 valence electrons. The maximum absolute atomic E-state index is 11.4. The van der Waals surface area contributed by atoms with Gasteiger partial charge < -0.3 is 10.0 Å². The van der Waals surface area contributed by atoms with Gasteiger partial charge in [-0.05, 0) is 37.0 Å². The van der Waals surface area contributed by atoms with E-state index in [1.807, 2.05) is 19.2 Å². The van der Waals surface area contributed by atoms with Crippen LogP contribution in [0.3, 0.4) is 0 Å². The molecule has 4 heteroatoms. The lowest BCUT2D eigenvalue weighted by atomic mass is 9.84. The van der Waals surface area contributed by atoms with E-state index in [-0.39, 0.29) is 0 Å². The average Bonchev–Trinajstić information content (AvgIpc) is 2.38. The lowest BCUT2D eigenvalue weighted by Gasteiger charge is -2.38. The van der Waals surface area contributed by atoms with Gasteiger partial charge in [0.25, 0.3) is 0 Å². The summed E-state index contributed by atoms with van der Waals surface area (Å²) in [5, 5.41) is 9.36. The van der Waals surface area contributed by atoms with E-state index in [1.54, 1.807) is 6.07 Å². The molecule has 0 saturated heterocycles. The van der Waals surface area contributed by atoms with Gasteiger partial charge in [0.15, 0.2) is 0 Å². The molecule has 19 heavy (non-hydrogen) atoms. The molecule has 2 unspecified atom stereocenters. The molecule has 3 nitrogen and oxygen atoms in total. The fraction of sp³-hybridized carbons (Fsp3) is 0.533. The van der Waals surface area contributed by atoms with Crippen molar-refractivity contribution < 1.29 is 9.90 Å². The van der Waals surface area contributed by atoms with Gasteiger partial charge in [0.05, 0.1) is 11.3 Å². The molecule has 0 spiro atoms. The van der Waals surface area contributed by atoms with Crippen LogP contribution in [0.2, 0.25) is 0 Å². The highest BCUT2D eigenvalue weighted by Gasteiger charge is 2.27. The number of anilines is 1. The first kappa shape index (κ1) is 14.4. The van der Waals surface area contributed by atoms with Gasteiger partial charge in [0.2, 0.25) is 0 Å². The Morgan fingerprint density at radius 1 is 1.37 bits per heavy atom. The van der Waals surface area contributed by atoms with Crippen LogP contribution in [-0.2, 0) is 0 Å². The van der Waals surface area contributed by atoms with Crippen LogP contribution in [0, 0.1) is 5.92 Å². The summed E-state index contributed by atoms with van der Waals surface area (Å²) in [5.74, 6) is -0.254. The van der Waals surface area contributed by atoms with Crippen molar-refractivity contribution in [3.05, 3.63) is 28.2 Å². The maximum Gasteiger partial charge on any atom is 0.337 e. The van der Waals surface area contributed by atoms with Crippen LogP contribution in [0.25, 0.3) is 0 Å². The molecule has 1 N–H and O–H groups in total. The lowest BCUT2D eigenvalue weighted by molar-refractivity contribution is 0.0697. The minimum Gasteiger partial charge on any atom is -0.478 e. The number of carboxylic acids is 1. The van der Waals surface area contributed by atoms with Crippen molar-refractivity contribution in [2.45, 2.75) is 38.6 Å². The predicted octanol–water partition coefficient (Wildman–Crippen LogP) is 4.16. The molecule has 1 aliphatic rings. The van der Waals surface area contributed by atoms with Crippen molar-refractivity contribution in [3.63, 3.8) is 0 Å². The number of hydrogen-bond donors (Lipinski definition) is 1. The Balaban J connectivity index is 2.32. The van der Waals surface area contributed by atoms with Gasteiger partial charge in [0.1, 0.15) is 0 Å². The third-order valence-corrected chi connectivity index (χ3v) is 4.63. The molecule has 1 aliphatic carbocycles. The molecule has 0 amide bonds. The molecule has 0 aliphatic heterocycles. The van der Waals surface area contributed by atoms with E-state index in [2.05, 4.69) is 27.8 Å².